The van der Waals surface area contributed by atoms with Crippen molar-refractivity contribution >= 4 is 39.4 Å². The van der Waals surface area contributed by atoms with Crippen LogP contribution in [-0.4, -0.2) is 30.7 Å². The number of hydrogen-bond acceptors (Lipinski definition) is 6. The van der Waals surface area contributed by atoms with Gasteiger partial charge in [-0.15, -0.1) is 0 Å². The number of ether oxygens (including phenoxy) is 1. The minimum Gasteiger partial charge on any atom is -0.497 e. The number of carbonyl (C=O) groups is 1. The second-order valence-electron chi connectivity index (χ2n) is 4.85. The normalized spacial score (nSPS) is 10.5. The van der Waals surface area contributed by atoms with Crippen LogP contribution in [0.1, 0.15) is 5.56 Å². The van der Waals surface area contributed by atoms with E-state index in [-0.39, 0.29) is 18.1 Å². The van der Waals surface area contributed by atoms with Gasteiger partial charge in [0, 0.05) is 23.4 Å². The van der Waals surface area contributed by atoms with Crippen molar-refractivity contribution in [2.75, 3.05) is 19.0 Å². The maximum atomic E-state index is 11.8. The molecule has 0 atom stereocenters. The van der Waals surface area contributed by atoms with Crippen molar-refractivity contribution in [3.63, 3.8) is 0 Å². The third-order valence-corrected chi connectivity index (χ3v) is 3.76. The van der Waals surface area contributed by atoms with E-state index < -0.39 is 4.92 Å². The molecule has 0 aliphatic heterocycles. The first kappa shape index (κ1) is 18.4. The van der Waals surface area contributed by atoms with Gasteiger partial charge in [-0.05, 0) is 34.1 Å². The Labute approximate surface area is 152 Å². The van der Waals surface area contributed by atoms with Gasteiger partial charge in [-0.2, -0.15) is 5.10 Å². The number of rotatable bonds is 7. The molecule has 1 amide bonds. The Balaban J connectivity index is 1.88. The number of methoxy groups -OCH3 is 1. The van der Waals surface area contributed by atoms with Gasteiger partial charge in [0.25, 0.3) is 11.6 Å². The number of nitrogens with zero attached hydrogens (tertiary/aromatic N) is 2. The molecule has 2 N–H and O–H groups in total. The van der Waals surface area contributed by atoms with E-state index in [1.54, 1.807) is 43.5 Å². The van der Waals surface area contributed by atoms with Crippen molar-refractivity contribution in [2.45, 2.75) is 0 Å². The molecule has 0 fully saturated rings. The van der Waals surface area contributed by atoms with Gasteiger partial charge in [-0.1, -0.05) is 12.1 Å². The maximum absolute atomic E-state index is 11.8. The maximum Gasteiger partial charge on any atom is 0.284 e. The first-order valence-electron chi connectivity index (χ1n) is 7.13. The van der Waals surface area contributed by atoms with Crippen molar-refractivity contribution < 1.29 is 14.5 Å². The summed E-state index contributed by atoms with van der Waals surface area (Å²) >= 11 is 3.10. The zero-order valence-corrected chi connectivity index (χ0v) is 14.8. The Morgan fingerprint density at radius 3 is 2.88 bits per heavy atom. The molecular weight excluding hydrogens is 392 g/mol. The van der Waals surface area contributed by atoms with Gasteiger partial charge < -0.3 is 10.1 Å². The highest BCUT2D eigenvalue weighted by Crippen LogP contribution is 2.24. The number of anilines is 1. The Hall–Kier alpha value is -2.94. The van der Waals surface area contributed by atoms with E-state index in [9.17, 15) is 14.9 Å². The fourth-order valence-corrected chi connectivity index (χ4v) is 2.28. The topological polar surface area (TPSA) is 106 Å². The minimum atomic E-state index is -0.502. The average molecular weight is 407 g/mol. The van der Waals surface area contributed by atoms with Crippen LogP contribution in [0.5, 0.6) is 5.75 Å². The zero-order valence-electron chi connectivity index (χ0n) is 13.2. The van der Waals surface area contributed by atoms with Crippen LogP contribution < -0.4 is 15.5 Å². The van der Waals surface area contributed by atoms with Gasteiger partial charge in [0.15, 0.2) is 0 Å². The molecule has 0 saturated heterocycles. The van der Waals surface area contributed by atoms with E-state index in [4.69, 9.17) is 4.74 Å². The van der Waals surface area contributed by atoms with E-state index in [1.165, 1.54) is 12.3 Å². The van der Waals surface area contributed by atoms with E-state index in [2.05, 4.69) is 31.8 Å². The zero-order chi connectivity index (χ0) is 18.2. The standard InChI is InChI=1S/C16H15BrN4O4/c1-25-13-4-2-3-12(8-13)18-10-16(22)20-19-9-11-5-6-14(17)15(7-11)21(23)24/h2-9,18H,10H2,1H3,(H,20,22)/b19-9-. The lowest BCUT2D eigenvalue weighted by Gasteiger charge is -2.06. The number of carbonyl (C=O) groups excluding carboxylic acids is 1. The molecule has 0 bridgehead atoms. The second-order valence-corrected chi connectivity index (χ2v) is 5.70. The molecule has 8 nitrogen and oxygen atoms in total. The Morgan fingerprint density at radius 2 is 2.16 bits per heavy atom. The Kier molecular flexibility index (Phi) is 6.47. The molecule has 2 rings (SSSR count). The molecule has 0 radical (unpaired) electrons. The van der Waals surface area contributed by atoms with Crippen LogP contribution >= 0.6 is 15.9 Å². The highest BCUT2D eigenvalue weighted by atomic mass is 79.9. The van der Waals surface area contributed by atoms with Gasteiger partial charge in [-0.3, -0.25) is 14.9 Å². The molecule has 0 aromatic heterocycles. The largest absolute Gasteiger partial charge is 0.497 e. The van der Waals surface area contributed by atoms with E-state index >= 15 is 0 Å². The van der Waals surface area contributed by atoms with Crippen LogP contribution in [0, 0.1) is 10.1 Å². The predicted molar refractivity (Wildman–Crippen MR) is 98.0 cm³/mol. The van der Waals surface area contributed by atoms with Crippen LogP contribution in [0.25, 0.3) is 0 Å². The molecule has 25 heavy (non-hydrogen) atoms. The number of amides is 1. The van der Waals surface area contributed by atoms with Gasteiger partial charge in [0.2, 0.25) is 0 Å². The molecule has 0 unspecified atom stereocenters. The molecule has 2 aromatic carbocycles. The molecule has 0 aliphatic carbocycles. The smallest absolute Gasteiger partial charge is 0.284 e. The summed E-state index contributed by atoms with van der Waals surface area (Å²) in [6.45, 7) is 0.0188. The van der Waals surface area contributed by atoms with Crippen LogP contribution in [0.3, 0.4) is 0 Å². The molecule has 130 valence electrons. The summed E-state index contributed by atoms with van der Waals surface area (Å²) in [6, 6.07) is 11.7. The summed E-state index contributed by atoms with van der Waals surface area (Å²) in [5.74, 6) is 0.325. The number of hydrazone groups is 1. The number of nitro benzene ring substituents is 1. The number of benzene rings is 2. The minimum absolute atomic E-state index is 0.0188. The van der Waals surface area contributed by atoms with Crippen LogP contribution in [0.15, 0.2) is 52.0 Å². The third kappa shape index (κ3) is 5.57. The van der Waals surface area contributed by atoms with Crippen molar-refractivity contribution in [1.29, 1.82) is 0 Å². The summed E-state index contributed by atoms with van der Waals surface area (Å²) in [7, 11) is 1.56. The molecule has 0 heterocycles. The predicted octanol–water partition coefficient (Wildman–Crippen LogP) is 2.93. The van der Waals surface area contributed by atoms with Gasteiger partial charge in [0.1, 0.15) is 5.75 Å². The first-order valence-corrected chi connectivity index (χ1v) is 7.92. The fourth-order valence-electron chi connectivity index (χ4n) is 1.88. The van der Waals surface area contributed by atoms with Gasteiger partial charge >= 0.3 is 0 Å². The molecule has 2 aromatic rings. The molecular formula is C16H15BrN4O4. The lowest BCUT2D eigenvalue weighted by Crippen LogP contribution is -2.25. The van der Waals surface area contributed by atoms with Crippen LogP contribution in [0.2, 0.25) is 0 Å². The van der Waals surface area contributed by atoms with Crippen molar-refractivity contribution in [2.24, 2.45) is 5.10 Å². The monoisotopic (exact) mass is 406 g/mol. The molecule has 0 saturated carbocycles. The summed E-state index contributed by atoms with van der Waals surface area (Å²) in [5, 5.41) is 17.6. The Bertz CT molecular complexity index is 810. The average Bonchev–Trinajstić information content (AvgIpc) is 2.61. The molecule has 0 spiro atoms. The SMILES string of the molecule is COc1cccc(NCC(=O)N/N=C\c2ccc(Br)c([N+](=O)[O-])c2)c1. The number of halogens is 1. The Morgan fingerprint density at radius 1 is 1.36 bits per heavy atom. The van der Waals surface area contributed by atoms with E-state index in [0.717, 1.165) is 5.69 Å². The highest BCUT2D eigenvalue weighted by Gasteiger charge is 2.11. The number of hydrogen-bond donors (Lipinski definition) is 2. The van der Waals surface area contributed by atoms with E-state index in [0.29, 0.717) is 15.8 Å². The highest BCUT2D eigenvalue weighted by molar-refractivity contribution is 9.10. The van der Waals surface area contributed by atoms with Crippen LogP contribution in [0.4, 0.5) is 11.4 Å². The summed E-state index contributed by atoms with van der Waals surface area (Å²) in [5.41, 5.74) is 3.51. The lowest BCUT2D eigenvalue weighted by molar-refractivity contribution is -0.385. The molecule has 9 heteroatoms. The van der Waals surface area contributed by atoms with Gasteiger partial charge in [0.05, 0.1) is 29.3 Å². The lowest BCUT2D eigenvalue weighted by atomic mass is 10.2. The van der Waals surface area contributed by atoms with Gasteiger partial charge in [-0.25, -0.2) is 5.43 Å². The summed E-state index contributed by atoms with van der Waals surface area (Å²) < 4.78 is 5.47. The van der Waals surface area contributed by atoms with E-state index in [1.807, 2.05) is 0 Å². The summed E-state index contributed by atoms with van der Waals surface area (Å²) in [4.78, 5) is 22.1. The first-order chi connectivity index (χ1) is 12.0. The molecule has 0 aliphatic rings. The third-order valence-electron chi connectivity index (χ3n) is 3.09. The second kappa shape index (κ2) is 8.78. The fraction of sp³-hybridized carbons (Fsp3) is 0.125. The van der Waals surface area contributed by atoms with Crippen molar-refractivity contribution in [1.82, 2.24) is 5.43 Å². The number of nitro groups is 1. The number of nitrogens with one attached hydrogen (secondary N) is 2. The summed E-state index contributed by atoms with van der Waals surface area (Å²) in [6.07, 6.45) is 1.34. The van der Waals surface area contributed by atoms with Crippen molar-refractivity contribution in [3.8, 4) is 5.75 Å². The quantitative estimate of drug-likeness (QED) is 0.417. The van der Waals surface area contributed by atoms with Crippen LogP contribution in [-0.2, 0) is 4.79 Å². The van der Waals surface area contributed by atoms with Crippen molar-refractivity contribution in [3.05, 3.63) is 62.6 Å².